The van der Waals surface area contributed by atoms with E-state index in [1.54, 1.807) is 0 Å². The summed E-state index contributed by atoms with van der Waals surface area (Å²) in [6.45, 7) is 22.4. The maximum atomic E-state index is 5.75. The van der Waals surface area contributed by atoms with Gasteiger partial charge in [-0.1, -0.05) is 72.8 Å². The monoisotopic (exact) mass is 416 g/mol. The van der Waals surface area contributed by atoms with Gasteiger partial charge in [0.25, 0.3) is 0 Å². The molecule has 0 saturated carbocycles. The number of ether oxygens (including phenoxy) is 1. The molecule has 164 valence electrons. The molecule has 0 spiro atoms. The molecule has 1 aromatic carbocycles. The van der Waals surface area contributed by atoms with Crippen molar-refractivity contribution in [1.29, 1.82) is 0 Å². The van der Waals surface area contributed by atoms with Crippen LogP contribution in [0.15, 0.2) is 66.1 Å². The highest BCUT2D eigenvalue weighted by Crippen LogP contribution is 2.45. The first-order valence-electron chi connectivity index (χ1n) is 11.6. The van der Waals surface area contributed by atoms with Gasteiger partial charge in [-0.25, -0.2) is 4.98 Å². The van der Waals surface area contributed by atoms with Crippen LogP contribution in [0.2, 0.25) is 0 Å². The van der Waals surface area contributed by atoms with E-state index in [0.29, 0.717) is 6.61 Å². The first-order valence-corrected chi connectivity index (χ1v) is 11.6. The molecule has 0 aliphatic carbocycles. The van der Waals surface area contributed by atoms with E-state index in [1.807, 2.05) is 13.8 Å². The van der Waals surface area contributed by atoms with Crippen LogP contribution in [-0.4, -0.2) is 16.5 Å². The third-order valence-corrected chi connectivity index (χ3v) is 6.18. The third kappa shape index (κ3) is 4.06. The lowest BCUT2D eigenvalue weighted by atomic mass is 9.87. The van der Waals surface area contributed by atoms with Gasteiger partial charge in [0, 0.05) is 28.1 Å². The largest absolute Gasteiger partial charge is 0.493 e. The maximum Gasteiger partial charge on any atom is 0.115 e. The van der Waals surface area contributed by atoms with Crippen LogP contribution in [-0.2, 0) is 11.3 Å². The van der Waals surface area contributed by atoms with Crippen molar-refractivity contribution >= 4 is 16.6 Å². The Morgan fingerprint density at radius 1 is 1.16 bits per heavy atom. The normalized spacial score (nSPS) is 18.7. The van der Waals surface area contributed by atoms with Gasteiger partial charge in [0.15, 0.2) is 0 Å². The highest BCUT2D eigenvalue weighted by molar-refractivity contribution is 5.87. The van der Waals surface area contributed by atoms with Crippen LogP contribution in [0.3, 0.4) is 0 Å². The van der Waals surface area contributed by atoms with Crippen molar-refractivity contribution in [3.8, 4) is 0 Å². The minimum absolute atomic E-state index is 0.182. The smallest absolute Gasteiger partial charge is 0.115 e. The van der Waals surface area contributed by atoms with Crippen LogP contribution in [0.4, 0.5) is 0 Å². The van der Waals surface area contributed by atoms with Crippen molar-refractivity contribution in [1.82, 2.24) is 9.88 Å². The summed E-state index contributed by atoms with van der Waals surface area (Å²) in [5, 5.41) is 1.23. The van der Waals surface area contributed by atoms with E-state index < -0.39 is 0 Å². The number of fused-ring (bicyclic) bond motifs is 4. The van der Waals surface area contributed by atoms with Gasteiger partial charge in [0.05, 0.1) is 29.2 Å². The molecule has 4 heterocycles. The Labute approximate surface area is 187 Å². The summed E-state index contributed by atoms with van der Waals surface area (Å²) in [6, 6.07) is 8.59. The Bertz CT molecular complexity index is 1070. The summed E-state index contributed by atoms with van der Waals surface area (Å²) < 4.78 is 5.75. The number of rotatable bonds is 1. The van der Waals surface area contributed by atoms with Crippen LogP contribution in [0.1, 0.15) is 64.3 Å². The van der Waals surface area contributed by atoms with Crippen LogP contribution in [0.5, 0.6) is 0 Å². The Kier molecular flexibility index (Phi) is 7.04. The molecule has 0 saturated heterocycles. The molecule has 0 fully saturated rings. The number of hydrogen-bond acceptors (Lipinski definition) is 3. The van der Waals surface area contributed by atoms with E-state index >= 15 is 0 Å². The van der Waals surface area contributed by atoms with Crippen molar-refractivity contribution in [3.63, 3.8) is 0 Å². The lowest BCUT2D eigenvalue weighted by molar-refractivity contribution is 0.197. The van der Waals surface area contributed by atoms with Crippen LogP contribution in [0, 0.1) is 12.8 Å². The zero-order valence-corrected chi connectivity index (χ0v) is 20.0. The van der Waals surface area contributed by atoms with E-state index in [9.17, 15) is 0 Å². The topological polar surface area (TPSA) is 25.4 Å². The second-order valence-electron chi connectivity index (χ2n) is 8.11. The van der Waals surface area contributed by atoms with E-state index in [2.05, 4.69) is 76.1 Å². The number of allylic oxidation sites excluding steroid dienone is 2. The quantitative estimate of drug-likeness (QED) is 0.480. The molecule has 1 unspecified atom stereocenters. The SMILES string of the molecule is C=C1OCC2=C(C=C3c4nc5cccc(C)c5cc4CN3C2=C)C1C.CC.CCCC. The molecular formula is C28H36N2O. The number of unbranched alkanes of at least 4 members (excludes halogenated alkanes) is 1. The lowest BCUT2D eigenvalue weighted by Gasteiger charge is -2.36. The number of hydrogen-bond donors (Lipinski definition) is 0. The molecule has 3 nitrogen and oxygen atoms in total. The summed E-state index contributed by atoms with van der Waals surface area (Å²) in [5.74, 6) is 1.01. The first-order chi connectivity index (χ1) is 15.0. The molecule has 0 amide bonds. The molecule has 3 aliphatic rings. The molecular weight excluding hydrogens is 380 g/mol. The van der Waals surface area contributed by atoms with Crippen LogP contribution in [0.25, 0.3) is 16.6 Å². The number of nitrogens with zero attached hydrogens (tertiary/aromatic N) is 2. The fraction of sp³-hybridized carbons (Fsp3) is 0.393. The standard InChI is InChI=1S/C22H20N2O.C4H10.C2H6/c1-12-6-5-7-20-17(12)8-16-10-24-14(3)19-11-25-15(4)13(2)18(19)9-21(24)22(16)23-20;1-3-4-2;1-2/h5-9,13H,3-4,10-11H2,1-2H3;3-4H2,1-2H3;1-2H3. The van der Waals surface area contributed by atoms with Gasteiger partial charge in [-0.3, -0.25) is 0 Å². The minimum atomic E-state index is 0.182. The molecule has 0 bridgehead atoms. The molecule has 3 heteroatoms. The van der Waals surface area contributed by atoms with Crippen LogP contribution < -0.4 is 0 Å². The van der Waals surface area contributed by atoms with Gasteiger partial charge in [-0.15, -0.1) is 0 Å². The third-order valence-electron chi connectivity index (χ3n) is 6.18. The first kappa shape index (κ1) is 22.9. The van der Waals surface area contributed by atoms with Crippen molar-refractivity contribution in [2.75, 3.05) is 6.61 Å². The Hall–Kier alpha value is -2.81. The summed E-state index contributed by atoms with van der Waals surface area (Å²) in [6.07, 6.45) is 4.91. The zero-order chi connectivity index (χ0) is 22.7. The molecule has 1 aromatic heterocycles. The number of benzene rings is 1. The Morgan fingerprint density at radius 3 is 2.55 bits per heavy atom. The van der Waals surface area contributed by atoms with Gasteiger partial charge in [0.1, 0.15) is 6.61 Å². The average Bonchev–Trinajstić information content (AvgIpc) is 3.15. The predicted octanol–water partition coefficient (Wildman–Crippen LogP) is 7.54. The molecule has 0 radical (unpaired) electrons. The van der Waals surface area contributed by atoms with Crippen molar-refractivity contribution in [2.45, 2.75) is 60.9 Å². The number of pyridine rings is 1. The van der Waals surface area contributed by atoms with E-state index in [4.69, 9.17) is 9.72 Å². The molecule has 3 aliphatic heterocycles. The van der Waals surface area contributed by atoms with Gasteiger partial charge in [0.2, 0.25) is 0 Å². The molecule has 2 aromatic rings. The zero-order valence-electron chi connectivity index (χ0n) is 20.0. The number of aryl methyl sites for hydroxylation is 1. The second-order valence-corrected chi connectivity index (χ2v) is 8.11. The Morgan fingerprint density at radius 2 is 1.87 bits per heavy atom. The van der Waals surface area contributed by atoms with Gasteiger partial charge < -0.3 is 9.64 Å². The summed E-state index contributed by atoms with van der Waals surface area (Å²) in [7, 11) is 0. The fourth-order valence-corrected chi connectivity index (χ4v) is 4.08. The highest BCUT2D eigenvalue weighted by atomic mass is 16.5. The molecule has 1 atom stereocenters. The lowest BCUT2D eigenvalue weighted by Crippen LogP contribution is -2.27. The second kappa shape index (κ2) is 9.55. The van der Waals surface area contributed by atoms with E-state index in [0.717, 1.165) is 34.9 Å². The minimum Gasteiger partial charge on any atom is -0.493 e. The van der Waals surface area contributed by atoms with Crippen molar-refractivity contribution < 1.29 is 4.74 Å². The molecule has 5 rings (SSSR count). The van der Waals surface area contributed by atoms with Gasteiger partial charge >= 0.3 is 0 Å². The summed E-state index contributed by atoms with van der Waals surface area (Å²) in [5.41, 5.74) is 9.31. The van der Waals surface area contributed by atoms with Gasteiger partial charge in [-0.2, -0.15) is 0 Å². The van der Waals surface area contributed by atoms with Crippen molar-refractivity contribution in [2.24, 2.45) is 5.92 Å². The van der Waals surface area contributed by atoms with Crippen molar-refractivity contribution in [3.05, 3.63) is 82.9 Å². The molecule has 0 N–H and O–H groups in total. The van der Waals surface area contributed by atoms with Crippen LogP contribution >= 0.6 is 0 Å². The summed E-state index contributed by atoms with van der Waals surface area (Å²) >= 11 is 0. The van der Waals surface area contributed by atoms with E-state index in [-0.39, 0.29) is 5.92 Å². The molecule has 31 heavy (non-hydrogen) atoms. The fourth-order valence-electron chi connectivity index (χ4n) is 4.08. The summed E-state index contributed by atoms with van der Waals surface area (Å²) in [4.78, 5) is 7.26. The predicted molar refractivity (Wildman–Crippen MR) is 132 cm³/mol. The Balaban J connectivity index is 0.000000411. The maximum absolute atomic E-state index is 5.75. The average molecular weight is 417 g/mol. The highest BCUT2D eigenvalue weighted by Gasteiger charge is 2.36. The van der Waals surface area contributed by atoms with Gasteiger partial charge in [-0.05, 0) is 36.3 Å². The number of aromatic nitrogens is 1. The van der Waals surface area contributed by atoms with E-state index in [1.165, 1.54) is 40.5 Å².